The minimum atomic E-state index is -0.606. The first kappa shape index (κ1) is 11.0. The fourth-order valence-corrected chi connectivity index (χ4v) is 4.09. The van der Waals surface area contributed by atoms with Crippen LogP contribution < -0.4 is 5.32 Å². The maximum Gasteiger partial charge on any atom is 0.125 e. The molecule has 1 heterocycles. The zero-order chi connectivity index (χ0) is 11.2. The van der Waals surface area contributed by atoms with Gasteiger partial charge in [0.25, 0.3) is 0 Å². The maximum absolute atomic E-state index is 11.1. The Bertz CT molecular complexity index is 283. The van der Waals surface area contributed by atoms with E-state index in [9.17, 15) is 5.11 Å². The van der Waals surface area contributed by atoms with Gasteiger partial charge in [-0.2, -0.15) is 0 Å². The van der Waals surface area contributed by atoms with Crippen LogP contribution in [-0.4, -0.2) is 35.5 Å². The minimum absolute atomic E-state index is 0.181. The van der Waals surface area contributed by atoms with Crippen LogP contribution in [0.25, 0.3) is 0 Å². The van der Waals surface area contributed by atoms with Crippen molar-refractivity contribution in [3.63, 3.8) is 0 Å². The zero-order valence-electron chi connectivity index (χ0n) is 10.2. The molecule has 0 bridgehead atoms. The smallest absolute Gasteiger partial charge is 0.125 e. The lowest BCUT2D eigenvalue weighted by molar-refractivity contribution is -0.0917. The van der Waals surface area contributed by atoms with Crippen LogP contribution >= 0.6 is 0 Å². The summed E-state index contributed by atoms with van der Waals surface area (Å²) in [5.74, 6) is 0. The van der Waals surface area contributed by atoms with Gasteiger partial charge in [0.2, 0.25) is 0 Å². The SMILES string of the molecule is CNC1CCCCC1(O)C12CCCCC1O2. The first-order chi connectivity index (χ1) is 7.73. The number of rotatable bonds is 2. The zero-order valence-corrected chi connectivity index (χ0v) is 10.2. The van der Waals surface area contributed by atoms with Gasteiger partial charge in [0, 0.05) is 6.04 Å². The van der Waals surface area contributed by atoms with E-state index in [4.69, 9.17) is 4.74 Å². The Balaban J connectivity index is 1.85. The standard InChI is InChI=1S/C13H23NO2/c1-14-10-6-2-4-8-12(10,15)13-9-5-3-7-11(13)16-13/h10-11,14-15H,2-9H2,1H3. The van der Waals surface area contributed by atoms with E-state index < -0.39 is 5.60 Å². The summed E-state index contributed by atoms with van der Waals surface area (Å²) in [6.45, 7) is 0. The summed E-state index contributed by atoms with van der Waals surface area (Å²) in [7, 11) is 1.97. The Morgan fingerprint density at radius 2 is 1.88 bits per heavy atom. The summed E-state index contributed by atoms with van der Waals surface area (Å²) in [5.41, 5.74) is -0.787. The molecule has 3 rings (SSSR count). The average Bonchev–Trinajstić information content (AvgIpc) is 3.05. The molecular formula is C13H23NO2. The summed E-state index contributed by atoms with van der Waals surface area (Å²) in [6, 6.07) is 0.226. The molecule has 2 aliphatic carbocycles. The van der Waals surface area contributed by atoms with Crippen LogP contribution in [0.1, 0.15) is 51.4 Å². The first-order valence-electron chi connectivity index (χ1n) is 6.80. The molecule has 3 heteroatoms. The normalized spacial score (nSPS) is 52.1. The second-order valence-corrected chi connectivity index (χ2v) is 5.75. The topological polar surface area (TPSA) is 44.8 Å². The van der Waals surface area contributed by atoms with Crippen molar-refractivity contribution in [3.8, 4) is 0 Å². The van der Waals surface area contributed by atoms with Crippen molar-refractivity contribution in [1.29, 1.82) is 0 Å². The molecule has 3 nitrogen and oxygen atoms in total. The van der Waals surface area contributed by atoms with Gasteiger partial charge in [0.1, 0.15) is 11.2 Å². The van der Waals surface area contributed by atoms with Crippen LogP contribution in [0.3, 0.4) is 0 Å². The Kier molecular flexibility index (Phi) is 2.54. The van der Waals surface area contributed by atoms with E-state index in [-0.39, 0.29) is 11.6 Å². The van der Waals surface area contributed by atoms with E-state index in [0.717, 1.165) is 32.1 Å². The largest absolute Gasteiger partial charge is 0.385 e. The maximum atomic E-state index is 11.1. The van der Waals surface area contributed by atoms with Crippen LogP contribution in [0.2, 0.25) is 0 Å². The molecule has 2 N–H and O–H groups in total. The number of likely N-dealkylation sites (N-methyl/N-ethyl adjacent to an activating group) is 1. The van der Waals surface area contributed by atoms with Gasteiger partial charge in [-0.05, 0) is 32.7 Å². The van der Waals surface area contributed by atoms with Crippen LogP contribution in [0.5, 0.6) is 0 Å². The number of ether oxygens (including phenoxy) is 1. The Morgan fingerprint density at radius 3 is 2.62 bits per heavy atom. The monoisotopic (exact) mass is 225 g/mol. The lowest BCUT2D eigenvalue weighted by Gasteiger charge is -2.45. The van der Waals surface area contributed by atoms with E-state index in [1.165, 1.54) is 19.3 Å². The number of aliphatic hydroxyl groups is 1. The van der Waals surface area contributed by atoms with Gasteiger partial charge >= 0.3 is 0 Å². The van der Waals surface area contributed by atoms with E-state index in [1.54, 1.807) is 0 Å². The second-order valence-electron chi connectivity index (χ2n) is 5.75. The number of hydrogen-bond donors (Lipinski definition) is 2. The van der Waals surface area contributed by atoms with Gasteiger partial charge in [0.05, 0.1) is 6.10 Å². The van der Waals surface area contributed by atoms with Gasteiger partial charge < -0.3 is 15.2 Å². The molecule has 1 aliphatic heterocycles. The molecule has 0 radical (unpaired) electrons. The Morgan fingerprint density at radius 1 is 1.12 bits per heavy atom. The van der Waals surface area contributed by atoms with Crippen molar-refractivity contribution in [2.24, 2.45) is 0 Å². The van der Waals surface area contributed by atoms with E-state index in [2.05, 4.69) is 5.32 Å². The third-order valence-corrected chi connectivity index (χ3v) is 5.04. The molecule has 0 spiro atoms. The van der Waals surface area contributed by atoms with Crippen molar-refractivity contribution in [3.05, 3.63) is 0 Å². The molecule has 92 valence electrons. The van der Waals surface area contributed by atoms with E-state index >= 15 is 0 Å². The molecule has 1 saturated heterocycles. The fourth-order valence-electron chi connectivity index (χ4n) is 4.09. The van der Waals surface area contributed by atoms with Crippen LogP contribution in [-0.2, 0) is 4.74 Å². The molecule has 16 heavy (non-hydrogen) atoms. The molecule has 0 amide bonds. The predicted molar refractivity (Wildman–Crippen MR) is 62.3 cm³/mol. The summed E-state index contributed by atoms with van der Waals surface area (Å²) in [4.78, 5) is 0. The molecule has 3 aliphatic rings. The van der Waals surface area contributed by atoms with Crippen molar-refractivity contribution in [2.45, 2.75) is 74.7 Å². The van der Waals surface area contributed by atoms with Gasteiger partial charge in [-0.15, -0.1) is 0 Å². The third-order valence-electron chi connectivity index (χ3n) is 5.04. The van der Waals surface area contributed by atoms with Crippen LogP contribution in [0.15, 0.2) is 0 Å². The van der Waals surface area contributed by atoms with Crippen LogP contribution in [0.4, 0.5) is 0 Å². The second kappa shape index (κ2) is 3.69. The summed E-state index contributed by atoms with van der Waals surface area (Å²) in [5, 5.41) is 14.4. The predicted octanol–water partition coefficient (Wildman–Crippen LogP) is 1.59. The molecule has 0 aromatic carbocycles. The molecule has 3 fully saturated rings. The summed E-state index contributed by atoms with van der Waals surface area (Å²) in [6.07, 6.45) is 9.42. The highest BCUT2D eigenvalue weighted by molar-refractivity contribution is 5.21. The Labute approximate surface area is 97.6 Å². The highest BCUT2D eigenvalue weighted by Crippen LogP contribution is 2.58. The molecule has 4 atom stereocenters. The van der Waals surface area contributed by atoms with Crippen molar-refractivity contribution < 1.29 is 9.84 Å². The molecule has 4 unspecified atom stereocenters. The number of hydrogen-bond acceptors (Lipinski definition) is 3. The first-order valence-corrected chi connectivity index (χ1v) is 6.80. The van der Waals surface area contributed by atoms with E-state index in [0.29, 0.717) is 6.10 Å². The Hall–Kier alpha value is -0.120. The number of epoxide rings is 1. The van der Waals surface area contributed by atoms with Crippen molar-refractivity contribution in [1.82, 2.24) is 5.32 Å². The quantitative estimate of drug-likeness (QED) is 0.702. The lowest BCUT2D eigenvalue weighted by atomic mass is 9.67. The minimum Gasteiger partial charge on any atom is -0.385 e. The van der Waals surface area contributed by atoms with Crippen molar-refractivity contribution in [2.75, 3.05) is 7.05 Å². The third kappa shape index (κ3) is 1.31. The summed E-state index contributed by atoms with van der Waals surface area (Å²) < 4.78 is 5.95. The average molecular weight is 225 g/mol. The van der Waals surface area contributed by atoms with E-state index in [1.807, 2.05) is 7.05 Å². The lowest BCUT2D eigenvalue weighted by Crippen LogP contribution is -2.61. The van der Waals surface area contributed by atoms with Crippen molar-refractivity contribution >= 4 is 0 Å². The molecule has 2 saturated carbocycles. The molecular weight excluding hydrogens is 202 g/mol. The van der Waals surface area contributed by atoms with Gasteiger partial charge in [-0.25, -0.2) is 0 Å². The van der Waals surface area contributed by atoms with Gasteiger partial charge in [-0.3, -0.25) is 0 Å². The van der Waals surface area contributed by atoms with Gasteiger partial charge in [-0.1, -0.05) is 25.7 Å². The highest BCUT2D eigenvalue weighted by Gasteiger charge is 2.70. The molecule has 0 aromatic heterocycles. The van der Waals surface area contributed by atoms with Gasteiger partial charge in [0.15, 0.2) is 0 Å². The van der Waals surface area contributed by atoms with Crippen LogP contribution in [0, 0.1) is 0 Å². The fraction of sp³-hybridized carbons (Fsp3) is 1.00. The number of nitrogens with one attached hydrogen (secondary N) is 1. The molecule has 0 aromatic rings. The number of fused-ring (bicyclic) bond motifs is 1. The summed E-state index contributed by atoms with van der Waals surface area (Å²) >= 11 is 0. The highest BCUT2D eigenvalue weighted by atomic mass is 16.6.